The molecule has 0 spiro atoms. The summed E-state index contributed by atoms with van der Waals surface area (Å²) in [6.07, 6.45) is 2.83. The number of likely N-dealkylation sites (tertiary alicyclic amines) is 1. The van der Waals surface area contributed by atoms with Gasteiger partial charge in [0.25, 0.3) is 0 Å². The molecule has 0 radical (unpaired) electrons. The number of carbonyl (C=O) groups is 1. The molecule has 0 aliphatic carbocycles. The number of imidazole rings is 1. The molecule has 2 heterocycles. The lowest BCUT2D eigenvalue weighted by atomic mass is 10.1. The SMILES string of the molecule is CCCc1c(-c2ccc(Br)cc2)nc(C2CCCN2C(=O)OC(C)(C)C)n1O. The highest BCUT2D eigenvalue weighted by atomic mass is 79.9. The lowest BCUT2D eigenvalue weighted by Crippen LogP contribution is -2.37. The van der Waals surface area contributed by atoms with Crippen molar-refractivity contribution < 1.29 is 14.7 Å². The smallest absolute Gasteiger partial charge is 0.410 e. The Bertz CT molecular complexity index is 840. The van der Waals surface area contributed by atoms with Crippen LogP contribution >= 0.6 is 15.9 Å². The number of carbonyl (C=O) groups excluding carboxylic acids is 1. The van der Waals surface area contributed by atoms with Crippen molar-refractivity contribution in [2.75, 3.05) is 6.54 Å². The molecule has 1 aliphatic rings. The van der Waals surface area contributed by atoms with Crippen molar-refractivity contribution in [3.05, 3.63) is 40.3 Å². The van der Waals surface area contributed by atoms with Gasteiger partial charge in [-0.05, 0) is 52.2 Å². The molecule has 1 saturated heterocycles. The van der Waals surface area contributed by atoms with E-state index in [9.17, 15) is 10.0 Å². The van der Waals surface area contributed by atoms with E-state index in [1.807, 2.05) is 45.0 Å². The number of nitrogens with zero attached hydrogens (tertiary/aromatic N) is 3. The lowest BCUT2D eigenvalue weighted by Gasteiger charge is -2.28. The largest absolute Gasteiger partial charge is 0.444 e. The molecule has 1 aliphatic heterocycles. The Kier molecular flexibility index (Phi) is 6.03. The molecule has 0 saturated carbocycles. The zero-order valence-corrected chi connectivity index (χ0v) is 18.5. The Balaban J connectivity index is 1.98. The minimum atomic E-state index is -0.561. The minimum Gasteiger partial charge on any atom is -0.444 e. The summed E-state index contributed by atoms with van der Waals surface area (Å²) in [7, 11) is 0. The van der Waals surface area contributed by atoms with Crippen molar-refractivity contribution in [3.8, 4) is 11.3 Å². The fourth-order valence-electron chi connectivity index (χ4n) is 3.55. The highest BCUT2D eigenvalue weighted by Gasteiger charge is 2.37. The number of benzene rings is 1. The second-order valence-electron chi connectivity index (χ2n) is 8.17. The molecular formula is C21H28BrN3O3. The molecule has 6 nitrogen and oxygen atoms in total. The van der Waals surface area contributed by atoms with Crippen LogP contribution in [-0.4, -0.2) is 38.1 Å². The number of hydrogen-bond acceptors (Lipinski definition) is 4. The Labute approximate surface area is 174 Å². The van der Waals surface area contributed by atoms with Crippen molar-refractivity contribution in [2.45, 2.75) is 65.0 Å². The number of rotatable bonds is 4. The van der Waals surface area contributed by atoms with Gasteiger partial charge in [0.05, 0.1) is 17.4 Å². The van der Waals surface area contributed by atoms with Gasteiger partial charge in [0.2, 0.25) is 0 Å². The van der Waals surface area contributed by atoms with Crippen molar-refractivity contribution in [1.29, 1.82) is 0 Å². The zero-order chi connectivity index (χ0) is 20.5. The summed E-state index contributed by atoms with van der Waals surface area (Å²) in [5.74, 6) is 0.504. The predicted octanol–water partition coefficient (Wildman–Crippen LogP) is 5.57. The van der Waals surface area contributed by atoms with Crippen LogP contribution in [0.4, 0.5) is 4.79 Å². The zero-order valence-electron chi connectivity index (χ0n) is 16.9. The molecule has 2 aromatic rings. The minimum absolute atomic E-state index is 0.292. The summed E-state index contributed by atoms with van der Waals surface area (Å²) in [5, 5.41) is 10.9. The molecule has 1 unspecified atom stereocenters. The standard InChI is InChI=1S/C21H28BrN3O3/c1-5-7-16-18(14-9-11-15(22)12-10-14)23-19(25(16)27)17-8-6-13-24(17)20(26)28-21(2,3)4/h9-12,17,27H,5-8,13H2,1-4H3. The second kappa shape index (κ2) is 8.15. The van der Waals surface area contributed by atoms with Crippen molar-refractivity contribution >= 4 is 22.0 Å². The molecule has 152 valence electrons. The van der Waals surface area contributed by atoms with Crippen LogP contribution in [-0.2, 0) is 11.2 Å². The summed E-state index contributed by atoms with van der Waals surface area (Å²) in [4.78, 5) is 19.1. The monoisotopic (exact) mass is 449 g/mol. The van der Waals surface area contributed by atoms with E-state index in [2.05, 4.69) is 22.9 Å². The summed E-state index contributed by atoms with van der Waals surface area (Å²) < 4.78 is 7.74. The van der Waals surface area contributed by atoms with Gasteiger partial charge in [-0.1, -0.05) is 41.4 Å². The van der Waals surface area contributed by atoms with Crippen molar-refractivity contribution in [3.63, 3.8) is 0 Å². The molecule has 3 rings (SSSR count). The van der Waals surface area contributed by atoms with Gasteiger partial charge in [-0.15, -0.1) is 0 Å². The number of hydrogen-bond donors (Lipinski definition) is 1. The van der Waals surface area contributed by atoms with Gasteiger partial charge in [0, 0.05) is 16.6 Å². The van der Waals surface area contributed by atoms with Crippen LogP contribution < -0.4 is 0 Å². The third-order valence-electron chi connectivity index (χ3n) is 4.76. The van der Waals surface area contributed by atoms with E-state index in [1.54, 1.807) is 4.90 Å². The number of halogens is 1. The topological polar surface area (TPSA) is 67.6 Å². The van der Waals surface area contributed by atoms with E-state index in [-0.39, 0.29) is 12.1 Å². The molecule has 1 aromatic carbocycles. The molecule has 0 bridgehead atoms. The summed E-state index contributed by atoms with van der Waals surface area (Å²) in [6, 6.07) is 7.60. The highest BCUT2D eigenvalue weighted by Crippen LogP contribution is 2.36. The quantitative estimate of drug-likeness (QED) is 0.618. The van der Waals surface area contributed by atoms with Crippen LogP contribution in [0, 0.1) is 0 Å². The maximum absolute atomic E-state index is 12.7. The van der Waals surface area contributed by atoms with Gasteiger partial charge in [-0.2, -0.15) is 4.73 Å². The first-order valence-electron chi connectivity index (χ1n) is 9.77. The molecule has 1 N–H and O–H groups in total. The molecule has 1 atom stereocenters. The first-order chi connectivity index (χ1) is 13.2. The fraction of sp³-hybridized carbons (Fsp3) is 0.524. The average Bonchev–Trinajstić information content (AvgIpc) is 3.20. The highest BCUT2D eigenvalue weighted by molar-refractivity contribution is 9.10. The van der Waals surface area contributed by atoms with Gasteiger partial charge in [-0.3, -0.25) is 4.90 Å². The number of amides is 1. The third kappa shape index (κ3) is 4.35. The molecule has 28 heavy (non-hydrogen) atoms. The second-order valence-corrected chi connectivity index (χ2v) is 9.08. The first-order valence-corrected chi connectivity index (χ1v) is 10.6. The van der Waals surface area contributed by atoms with E-state index >= 15 is 0 Å². The Morgan fingerprint density at radius 3 is 2.61 bits per heavy atom. The van der Waals surface area contributed by atoms with Crippen LogP contribution in [0.15, 0.2) is 28.7 Å². The molecular weight excluding hydrogens is 422 g/mol. The van der Waals surface area contributed by atoms with E-state index in [4.69, 9.17) is 9.72 Å². The summed E-state index contributed by atoms with van der Waals surface area (Å²) in [5.41, 5.74) is 1.93. The van der Waals surface area contributed by atoms with Crippen LogP contribution in [0.2, 0.25) is 0 Å². The fourth-order valence-corrected chi connectivity index (χ4v) is 3.82. The number of aromatic nitrogens is 2. The van der Waals surface area contributed by atoms with Crippen LogP contribution in [0.25, 0.3) is 11.3 Å². The van der Waals surface area contributed by atoms with Crippen molar-refractivity contribution in [2.24, 2.45) is 0 Å². The Hall–Kier alpha value is -2.02. The molecule has 1 amide bonds. The van der Waals surface area contributed by atoms with Gasteiger partial charge in [-0.25, -0.2) is 9.78 Å². The van der Waals surface area contributed by atoms with E-state index in [0.29, 0.717) is 18.8 Å². The molecule has 1 fully saturated rings. The average molecular weight is 450 g/mol. The maximum atomic E-state index is 12.7. The van der Waals surface area contributed by atoms with E-state index < -0.39 is 5.60 Å². The molecule has 1 aromatic heterocycles. The van der Waals surface area contributed by atoms with Crippen LogP contribution in [0.5, 0.6) is 0 Å². The molecule has 7 heteroatoms. The van der Waals surface area contributed by atoms with Crippen molar-refractivity contribution in [1.82, 2.24) is 14.6 Å². The van der Waals surface area contributed by atoms with Gasteiger partial charge in [0.1, 0.15) is 5.60 Å². The van der Waals surface area contributed by atoms with E-state index in [1.165, 1.54) is 4.73 Å². The first kappa shape index (κ1) is 20.7. The number of ether oxygens (including phenoxy) is 1. The normalized spacial score (nSPS) is 17.2. The van der Waals surface area contributed by atoms with E-state index in [0.717, 1.165) is 40.7 Å². The summed E-state index contributed by atoms with van der Waals surface area (Å²) in [6.45, 7) is 8.24. The predicted molar refractivity (Wildman–Crippen MR) is 111 cm³/mol. The van der Waals surface area contributed by atoms with Gasteiger partial charge >= 0.3 is 6.09 Å². The summed E-state index contributed by atoms with van der Waals surface area (Å²) >= 11 is 3.46. The lowest BCUT2D eigenvalue weighted by molar-refractivity contribution is 0.0199. The third-order valence-corrected chi connectivity index (χ3v) is 5.28. The van der Waals surface area contributed by atoms with Gasteiger partial charge < -0.3 is 9.94 Å². The Morgan fingerprint density at radius 2 is 2.00 bits per heavy atom. The van der Waals surface area contributed by atoms with Gasteiger partial charge in [0.15, 0.2) is 5.82 Å². The van der Waals surface area contributed by atoms with Crippen LogP contribution in [0.1, 0.15) is 64.5 Å². The maximum Gasteiger partial charge on any atom is 0.410 e. The van der Waals surface area contributed by atoms with Crippen LogP contribution in [0.3, 0.4) is 0 Å². The Morgan fingerprint density at radius 1 is 1.32 bits per heavy atom.